The molecule has 0 bridgehead atoms. The molecule has 1 aliphatic heterocycles. The molecule has 5 rings (SSSR count). The molecule has 66 heavy (non-hydrogen) atoms. The third-order valence-corrected chi connectivity index (χ3v) is 11.3. The number of carbonyl (C=O) groups excluding carboxylic acids is 4. The molecule has 1 fully saturated rings. The standard InChI is InChI=1S/C28H36BN3O4.C22H26BN3O4/c1-18-14-19(2)16-22(15-18)25(34)32(26(3,4)5)31-24(33)21-11-10-20(12-13-30)23(17-21)29-35-27(6,7)28(8,9)36-29;1-14-10-15(2)12-18(11-14)21(28)26(22(3,4)5)25-20(27)17-7-6-16(8-9-24)19(13-17)23(29)30/h10-11,14-17H,12H2,1-9H3,(H,31,33);6-7,10-13,29-30H,8H2,1-5H3,(H,25,27). The van der Waals surface area contributed by atoms with E-state index < -0.39 is 48.3 Å². The number of hydrazine groups is 2. The number of hydrogen-bond acceptors (Lipinski definition) is 10. The summed E-state index contributed by atoms with van der Waals surface area (Å²) in [4.78, 5) is 52.9. The molecule has 1 saturated heterocycles. The van der Waals surface area contributed by atoms with E-state index in [-0.39, 0.29) is 35.7 Å². The van der Waals surface area contributed by atoms with Crippen LogP contribution >= 0.6 is 0 Å². The number of aryl methyl sites for hydroxylation is 4. The first-order chi connectivity index (χ1) is 30.5. The van der Waals surface area contributed by atoms with Crippen LogP contribution in [0.3, 0.4) is 0 Å². The summed E-state index contributed by atoms with van der Waals surface area (Å²) in [6.45, 7) is 26.4. The SMILES string of the molecule is Cc1cc(C)cc(C(=O)N(NC(=O)c2ccc(CC#N)c(B(O)O)c2)C(C)(C)C)c1.Cc1cc(C)cc(C(=O)N(NC(=O)c2ccc(CC#N)c(B3OC(C)(C)C(C)(C)O3)c2)C(C)(C)C)c1. The van der Waals surface area contributed by atoms with Crippen molar-refractivity contribution in [2.24, 2.45) is 0 Å². The van der Waals surface area contributed by atoms with E-state index in [1.165, 1.54) is 28.2 Å². The highest BCUT2D eigenvalue weighted by Crippen LogP contribution is 2.37. The number of nitrogens with one attached hydrogen (secondary N) is 2. The predicted octanol–water partition coefficient (Wildman–Crippen LogP) is 5.89. The van der Waals surface area contributed by atoms with E-state index in [4.69, 9.17) is 14.6 Å². The fraction of sp³-hybridized carbons (Fsp3) is 0.400. The molecule has 0 saturated carbocycles. The van der Waals surface area contributed by atoms with Gasteiger partial charge in [-0.3, -0.25) is 30.0 Å². The summed E-state index contributed by atoms with van der Waals surface area (Å²) in [5.74, 6) is -1.67. The smallest absolute Gasteiger partial charge is 0.423 e. The monoisotopic (exact) mass is 896 g/mol. The van der Waals surface area contributed by atoms with Crippen molar-refractivity contribution in [1.29, 1.82) is 10.5 Å². The van der Waals surface area contributed by atoms with E-state index in [9.17, 15) is 34.5 Å². The maximum absolute atomic E-state index is 13.5. The minimum absolute atomic E-state index is 0.0197. The van der Waals surface area contributed by atoms with Crippen LogP contribution in [0.2, 0.25) is 0 Å². The first-order valence-corrected chi connectivity index (χ1v) is 21.7. The lowest BCUT2D eigenvalue weighted by atomic mass is 9.74. The van der Waals surface area contributed by atoms with Gasteiger partial charge in [0.1, 0.15) is 0 Å². The van der Waals surface area contributed by atoms with E-state index in [2.05, 4.69) is 16.9 Å². The number of carbonyl (C=O) groups is 4. The summed E-state index contributed by atoms with van der Waals surface area (Å²) in [7, 11) is -2.54. The zero-order chi connectivity index (χ0) is 49.7. The Morgan fingerprint density at radius 2 is 0.970 bits per heavy atom. The maximum atomic E-state index is 13.5. The molecule has 0 aromatic heterocycles. The van der Waals surface area contributed by atoms with E-state index in [1.807, 2.05) is 106 Å². The molecular weight excluding hydrogens is 834 g/mol. The Kier molecular flexibility index (Phi) is 16.2. The molecular formula is C50H62B2N6O8. The largest absolute Gasteiger partial charge is 0.495 e. The van der Waals surface area contributed by atoms with Crippen molar-refractivity contribution < 1.29 is 38.5 Å². The van der Waals surface area contributed by atoms with E-state index in [1.54, 1.807) is 51.1 Å². The average Bonchev–Trinajstić information content (AvgIpc) is 3.42. The van der Waals surface area contributed by atoms with E-state index in [0.717, 1.165) is 27.8 Å². The second kappa shape index (κ2) is 20.5. The van der Waals surface area contributed by atoms with Gasteiger partial charge in [-0.2, -0.15) is 10.5 Å². The Balaban J connectivity index is 0.000000294. The molecule has 0 atom stereocenters. The third kappa shape index (κ3) is 12.7. The molecule has 4 N–H and O–H groups in total. The number of hydrogen-bond donors (Lipinski definition) is 4. The highest BCUT2D eigenvalue weighted by atomic mass is 16.7. The van der Waals surface area contributed by atoms with Gasteiger partial charge in [0.05, 0.1) is 47.3 Å². The average molecular weight is 897 g/mol. The van der Waals surface area contributed by atoms with Crippen LogP contribution in [0, 0.1) is 50.4 Å². The van der Waals surface area contributed by atoms with Crippen molar-refractivity contribution >= 4 is 48.8 Å². The molecule has 1 heterocycles. The van der Waals surface area contributed by atoms with Crippen LogP contribution in [-0.2, 0) is 22.2 Å². The van der Waals surface area contributed by atoms with Crippen LogP contribution in [0.5, 0.6) is 0 Å². The van der Waals surface area contributed by atoms with Crippen molar-refractivity contribution in [2.75, 3.05) is 0 Å². The first kappa shape index (κ1) is 52.3. The van der Waals surface area contributed by atoms with Gasteiger partial charge in [0.15, 0.2) is 0 Å². The quantitative estimate of drug-likeness (QED) is 0.122. The number of rotatable bonds is 8. The van der Waals surface area contributed by atoms with Crippen LogP contribution in [0.15, 0.2) is 72.8 Å². The lowest BCUT2D eigenvalue weighted by Gasteiger charge is -2.35. The first-order valence-electron chi connectivity index (χ1n) is 21.7. The zero-order valence-corrected chi connectivity index (χ0v) is 40.6. The molecule has 4 aromatic carbocycles. The zero-order valence-electron chi connectivity index (χ0n) is 40.6. The van der Waals surface area contributed by atoms with Crippen molar-refractivity contribution in [3.63, 3.8) is 0 Å². The van der Waals surface area contributed by atoms with Gasteiger partial charge in [0.25, 0.3) is 23.6 Å². The number of amides is 4. The highest BCUT2D eigenvalue weighted by molar-refractivity contribution is 6.62. The number of benzene rings is 4. The lowest BCUT2D eigenvalue weighted by Crippen LogP contribution is -2.56. The minimum Gasteiger partial charge on any atom is -0.423 e. The minimum atomic E-state index is -1.82. The van der Waals surface area contributed by atoms with Gasteiger partial charge < -0.3 is 19.4 Å². The molecule has 16 heteroatoms. The molecule has 1 aliphatic rings. The fourth-order valence-corrected chi connectivity index (χ4v) is 7.23. The predicted molar refractivity (Wildman–Crippen MR) is 256 cm³/mol. The summed E-state index contributed by atoms with van der Waals surface area (Å²) in [5.41, 5.74) is 10.0. The second-order valence-electron chi connectivity index (χ2n) is 19.7. The molecule has 0 radical (unpaired) electrons. The van der Waals surface area contributed by atoms with Crippen LogP contribution in [0.1, 0.15) is 144 Å². The molecule has 4 amide bonds. The van der Waals surface area contributed by atoms with Gasteiger partial charge >= 0.3 is 14.2 Å². The Labute approximate surface area is 390 Å². The summed E-state index contributed by atoms with van der Waals surface area (Å²) in [6, 6.07) is 24.6. The summed E-state index contributed by atoms with van der Waals surface area (Å²) in [5, 5.41) is 40.0. The van der Waals surface area contributed by atoms with Crippen LogP contribution in [0.25, 0.3) is 0 Å². The van der Waals surface area contributed by atoms with E-state index >= 15 is 0 Å². The van der Waals surface area contributed by atoms with Gasteiger partial charge in [-0.1, -0.05) is 46.5 Å². The Hall–Kier alpha value is -6.29. The van der Waals surface area contributed by atoms with Crippen LogP contribution in [0.4, 0.5) is 0 Å². The van der Waals surface area contributed by atoms with Gasteiger partial charge in [0, 0.05) is 22.3 Å². The lowest BCUT2D eigenvalue weighted by molar-refractivity contribution is 0.00578. The van der Waals surface area contributed by atoms with Gasteiger partial charge in [-0.05, 0) is 168 Å². The Morgan fingerprint density at radius 1 is 0.606 bits per heavy atom. The number of nitriles is 2. The highest BCUT2D eigenvalue weighted by Gasteiger charge is 2.52. The topological polar surface area (TPSA) is 205 Å². The second-order valence-corrected chi connectivity index (χ2v) is 19.7. The van der Waals surface area contributed by atoms with E-state index in [0.29, 0.717) is 27.7 Å². The summed E-state index contributed by atoms with van der Waals surface area (Å²) >= 11 is 0. The van der Waals surface area contributed by atoms with Crippen molar-refractivity contribution in [1.82, 2.24) is 20.9 Å². The van der Waals surface area contributed by atoms with Crippen molar-refractivity contribution in [3.8, 4) is 12.1 Å². The molecule has 14 nitrogen and oxygen atoms in total. The van der Waals surface area contributed by atoms with Gasteiger partial charge in [0.2, 0.25) is 0 Å². The van der Waals surface area contributed by atoms with Crippen molar-refractivity contribution in [2.45, 2.75) is 132 Å². The number of nitrogens with zero attached hydrogens (tertiary/aromatic N) is 4. The summed E-state index contributed by atoms with van der Waals surface area (Å²) in [6.07, 6.45) is 0.134. The molecule has 0 aliphatic carbocycles. The maximum Gasteiger partial charge on any atom is 0.495 e. The Bertz CT molecular complexity index is 2530. The van der Waals surface area contributed by atoms with Gasteiger partial charge in [-0.25, -0.2) is 10.0 Å². The summed E-state index contributed by atoms with van der Waals surface area (Å²) < 4.78 is 12.4. The fourth-order valence-electron chi connectivity index (χ4n) is 7.23. The normalized spacial score (nSPS) is 13.9. The molecule has 346 valence electrons. The molecule has 4 aromatic rings. The molecule has 0 spiro atoms. The molecule has 0 unspecified atom stereocenters. The van der Waals surface area contributed by atoms with Crippen LogP contribution < -0.4 is 21.8 Å². The van der Waals surface area contributed by atoms with Crippen LogP contribution in [-0.4, -0.2) is 80.2 Å². The van der Waals surface area contributed by atoms with Gasteiger partial charge in [-0.15, -0.1) is 0 Å². The van der Waals surface area contributed by atoms with Crippen molar-refractivity contribution in [3.05, 3.63) is 128 Å². The third-order valence-electron chi connectivity index (χ3n) is 11.3. The Morgan fingerprint density at radius 3 is 1.33 bits per heavy atom.